The predicted molar refractivity (Wildman–Crippen MR) is 76.3 cm³/mol. The quantitative estimate of drug-likeness (QED) is 0.943. The van der Waals surface area contributed by atoms with Gasteiger partial charge in [-0.3, -0.25) is 9.59 Å². The number of carbonyl (C=O) groups excluding carboxylic acids is 1. The number of pyridine rings is 1. The number of hydrogen-bond donors (Lipinski definition) is 1. The minimum absolute atomic E-state index is 0.0591. The number of amides is 1. The van der Waals surface area contributed by atoms with Crippen LogP contribution in [0.2, 0.25) is 0 Å². The number of halogens is 2. The zero-order valence-electron chi connectivity index (χ0n) is 11.7. The van der Waals surface area contributed by atoms with Crippen LogP contribution in [0.1, 0.15) is 28.8 Å². The maximum Gasteiger partial charge on any atom is 0.255 e. The van der Waals surface area contributed by atoms with Gasteiger partial charge in [-0.2, -0.15) is 0 Å². The Kier molecular flexibility index (Phi) is 3.75. The molecule has 0 atom stereocenters. The molecule has 1 aromatic heterocycles. The average Bonchev–Trinajstić information content (AvgIpc) is 3.31. The molecule has 4 nitrogen and oxygen atoms in total. The molecule has 0 unspecified atom stereocenters. The fourth-order valence-electron chi connectivity index (χ4n) is 2.30. The van der Waals surface area contributed by atoms with Gasteiger partial charge < -0.3 is 9.88 Å². The Bertz CT molecular complexity index is 748. The van der Waals surface area contributed by atoms with Gasteiger partial charge in [0, 0.05) is 36.5 Å². The first-order chi connectivity index (χ1) is 10.5. The van der Waals surface area contributed by atoms with E-state index in [9.17, 15) is 18.4 Å². The van der Waals surface area contributed by atoms with E-state index in [0.29, 0.717) is 5.56 Å². The Morgan fingerprint density at radius 2 is 2.00 bits per heavy atom. The summed E-state index contributed by atoms with van der Waals surface area (Å²) in [5.41, 5.74) is 0.319. The standard InChI is InChI=1S/C16H14F2N2O2/c17-12-3-1-11(14(18)7-12)9-20(13-4-5-13)16(22)10-2-6-15(21)19-8-10/h1-3,6-8,13H,4-5,9H2,(H,19,21). The number of rotatable bonds is 4. The molecule has 0 bridgehead atoms. The van der Waals surface area contributed by atoms with Crippen LogP contribution in [0.3, 0.4) is 0 Å². The molecule has 0 radical (unpaired) electrons. The van der Waals surface area contributed by atoms with Crippen LogP contribution >= 0.6 is 0 Å². The third-order valence-corrected chi connectivity index (χ3v) is 3.64. The third kappa shape index (κ3) is 3.05. The van der Waals surface area contributed by atoms with Crippen LogP contribution in [0.25, 0.3) is 0 Å². The van der Waals surface area contributed by atoms with Crippen molar-refractivity contribution in [3.8, 4) is 0 Å². The van der Waals surface area contributed by atoms with Crippen LogP contribution in [-0.4, -0.2) is 21.8 Å². The normalized spacial score (nSPS) is 13.9. The minimum atomic E-state index is -0.667. The first-order valence-electron chi connectivity index (χ1n) is 6.98. The fraction of sp³-hybridized carbons (Fsp3) is 0.250. The molecule has 0 saturated heterocycles. The van der Waals surface area contributed by atoms with E-state index in [2.05, 4.69) is 4.98 Å². The van der Waals surface area contributed by atoms with E-state index >= 15 is 0 Å². The summed E-state index contributed by atoms with van der Waals surface area (Å²) in [6.07, 6.45) is 3.07. The van der Waals surface area contributed by atoms with Crippen molar-refractivity contribution in [1.29, 1.82) is 0 Å². The van der Waals surface area contributed by atoms with Crippen LogP contribution in [0.5, 0.6) is 0 Å². The second-order valence-corrected chi connectivity index (χ2v) is 5.34. The lowest BCUT2D eigenvalue weighted by atomic mass is 10.1. The van der Waals surface area contributed by atoms with Crippen LogP contribution in [-0.2, 0) is 6.54 Å². The number of hydrogen-bond acceptors (Lipinski definition) is 2. The molecule has 0 spiro atoms. The molecule has 1 amide bonds. The number of nitrogens with one attached hydrogen (secondary N) is 1. The van der Waals surface area contributed by atoms with Crippen molar-refractivity contribution in [2.24, 2.45) is 0 Å². The Hall–Kier alpha value is -2.50. The summed E-state index contributed by atoms with van der Waals surface area (Å²) < 4.78 is 26.8. The summed E-state index contributed by atoms with van der Waals surface area (Å²) in [4.78, 5) is 27.6. The molecule has 22 heavy (non-hydrogen) atoms. The molecule has 1 N–H and O–H groups in total. The highest BCUT2D eigenvalue weighted by atomic mass is 19.1. The number of aromatic nitrogens is 1. The van der Waals surface area contributed by atoms with Crippen LogP contribution < -0.4 is 5.56 Å². The summed E-state index contributed by atoms with van der Waals surface area (Å²) in [6.45, 7) is 0.0781. The number of carbonyl (C=O) groups is 1. The molecule has 0 aliphatic heterocycles. The first kappa shape index (κ1) is 14.4. The maximum absolute atomic E-state index is 13.8. The predicted octanol–water partition coefficient (Wildman–Crippen LogP) is 2.46. The summed E-state index contributed by atoms with van der Waals surface area (Å²) in [5.74, 6) is -1.59. The van der Waals surface area contributed by atoms with Crippen LogP contribution in [0.15, 0.2) is 41.3 Å². The zero-order valence-corrected chi connectivity index (χ0v) is 11.7. The van der Waals surface area contributed by atoms with Crippen molar-refractivity contribution in [2.75, 3.05) is 0 Å². The number of benzene rings is 1. The molecule has 1 fully saturated rings. The van der Waals surface area contributed by atoms with Crippen molar-refractivity contribution in [3.05, 3.63) is 69.6 Å². The molecule has 2 aromatic rings. The third-order valence-electron chi connectivity index (χ3n) is 3.64. The van der Waals surface area contributed by atoms with Crippen molar-refractivity contribution in [3.63, 3.8) is 0 Å². The second kappa shape index (κ2) is 5.71. The van der Waals surface area contributed by atoms with E-state index in [1.54, 1.807) is 4.90 Å². The zero-order chi connectivity index (χ0) is 15.7. The van der Waals surface area contributed by atoms with Gasteiger partial charge in [0.1, 0.15) is 11.6 Å². The van der Waals surface area contributed by atoms with E-state index in [-0.39, 0.29) is 29.6 Å². The number of H-pyrrole nitrogens is 1. The van der Waals surface area contributed by atoms with Gasteiger partial charge >= 0.3 is 0 Å². The molecule has 1 heterocycles. The van der Waals surface area contributed by atoms with Gasteiger partial charge in [-0.05, 0) is 25.0 Å². The van der Waals surface area contributed by atoms with E-state index in [0.717, 1.165) is 18.9 Å². The van der Waals surface area contributed by atoms with Crippen molar-refractivity contribution in [1.82, 2.24) is 9.88 Å². The Morgan fingerprint density at radius 1 is 1.23 bits per heavy atom. The van der Waals surface area contributed by atoms with Gasteiger partial charge in [-0.1, -0.05) is 6.07 Å². The lowest BCUT2D eigenvalue weighted by Crippen LogP contribution is -2.33. The highest BCUT2D eigenvalue weighted by molar-refractivity contribution is 5.94. The molecule has 1 aromatic carbocycles. The lowest BCUT2D eigenvalue weighted by molar-refractivity contribution is 0.0728. The fourth-order valence-corrected chi connectivity index (χ4v) is 2.30. The van der Waals surface area contributed by atoms with Crippen LogP contribution in [0.4, 0.5) is 8.78 Å². The minimum Gasteiger partial charge on any atom is -0.331 e. The molecule has 3 rings (SSSR count). The van der Waals surface area contributed by atoms with E-state index in [1.165, 1.54) is 30.5 Å². The van der Waals surface area contributed by atoms with Crippen molar-refractivity contribution < 1.29 is 13.6 Å². The number of aromatic amines is 1. The van der Waals surface area contributed by atoms with Crippen molar-refractivity contribution >= 4 is 5.91 Å². The maximum atomic E-state index is 13.8. The molecular formula is C16H14F2N2O2. The van der Waals surface area contributed by atoms with Gasteiger partial charge in [0.05, 0.1) is 5.56 Å². The van der Waals surface area contributed by atoms with E-state index in [1.807, 2.05) is 0 Å². The van der Waals surface area contributed by atoms with E-state index < -0.39 is 11.6 Å². The van der Waals surface area contributed by atoms with Gasteiger partial charge in [0.2, 0.25) is 5.56 Å². The lowest BCUT2D eigenvalue weighted by Gasteiger charge is -2.22. The van der Waals surface area contributed by atoms with E-state index in [4.69, 9.17) is 0 Å². The summed E-state index contributed by atoms with van der Waals surface area (Å²) >= 11 is 0. The molecule has 1 aliphatic rings. The molecular weight excluding hydrogens is 290 g/mol. The molecule has 114 valence electrons. The van der Waals surface area contributed by atoms with Crippen LogP contribution in [0, 0.1) is 11.6 Å². The molecule has 6 heteroatoms. The summed E-state index contributed by atoms with van der Waals surface area (Å²) in [5, 5.41) is 0. The van der Waals surface area contributed by atoms with Crippen molar-refractivity contribution in [2.45, 2.75) is 25.4 Å². The SMILES string of the molecule is O=C(c1ccc(=O)[nH]c1)N(Cc1ccc(F)cc1F)C1CC1. The summed E-state index contributed by atoms with van der Waals surface area (Å²) in [7, 11) is 0. The second-order valence-electron chi connectivity index (χ2n) is 5.34. The van der Waals surface area contributed by atoms with Gasteiger partial charge in [-0.15, -0.1) is 0 Å². The average molecular weight is 304 g/mol. The Morgan fingerprint density at radius 3 is 2.59 bits per heavy atom. The molecule has 1 saturated carbocycles. The van der Waals surface area contributed by atoms with Gasteiger partial charge in [0.25, 0.3) is 5.91 Å². The van der Waals surface area contributed by atoms with Gasteiger partial charge in [0.15, 0.2) is 0 Å². The number of nitrogens with zero attached hydrogens (tertiary/aromatic N) is 1. The van der Waals surface area contributed by atoms with Gasteiger partial charge in [-0.25, -0.2) is 8.78 Å². The monoisotopic (exact) mass is 304 g/mol. The molecule has 1 aliphatic carbocycles. The topological polar surface area (TPSA) is 53.2 Å². The first-order valence-corrected chi connectivity index (χ1v) is 6.98. The largest absolute Gasteiger partial charge is 0.331 e. The highest BCUT2D eigenvalue weighted by Crippen LogP contribution is 2.30. The Labute approximate surface area is 125 Å². The Balaban J connectivity index is 1.85. The summed E-state index contributed by atoms with van der Waals surface area (Å²) in [6, 6.07) is 6.11. The highest BCUT2D eigenvalue weighted by Gasteiger charge is 2.33. The smallest absolute Gasteiger partial charge is 0.255 e.